The van der Waals surface area contributed by atoms with Crippen LogP contribution in [0.2, 0.25) is 10.3 Å². The Hall–Kier alpha value is -1.32. The quantitative estimate of drug-likeness (QED) is 0.889. The summed E-state index contributed by atoms with van der Waals surface area (Å²) in [7, 11) is 0. The lowest BCUT2D eigenvalue weighted by Gasteiger charge is -2.11. The van der Waals surface area contributed by atoms with Crippen molar-refractivity contribution in [3.05, 3.63) is 45.7 Å². The molecule has 0 unspecified atom stereocenters. The van der Waals surface area contributed by atoms with Crippen molar-refractivity contribution < 1.29 is 0 Å². The predicted octanol–water partition coefficient (Wildman–Crippen LogP) is 4.14. The molecule has 0 saturated heterocycles. The van der Waals surface area contributed by atoms with Gasteiger partial charge in [-0.25, -0.2) is 0 Å². The van der Waals surface area contributed by atoms with Gasteiger partial charge in [0.05, 0.1) is 5.69 Å². The Bertz CT molecular complexity index is 506. The molecular weight excluding hydrogens is 257 g/mol. The van der Waals surface area contributed by atoms with E-state index in [1.54, 1.807) is 6.07 Å². The van der Waals surface area contributed by atoms with Crippen LogP contribution in [-0.2, 0) is 0 Å². The molecule has 3 nitrogen and oxygen atoms in total. The third-order valence-corrected chi connectivity index (χ3v) is 2.85. The van der Waals surface area contributed by atoms with E-state index in [-0.39, 0.29) is 0 Å². The van der Waals surface area contributed by atoms with Crippen molar-refractivity contribution in [2.24, 2.45) is 0 Å². The number of nitrogens with one attached hydrogen (secondary N) is 1. The highest BCUT2D eigenvalue weighted by Gasteiger charge is 2.06. The standard InChI is InChI=1S/C12H11Cl2N3/c1-7-3-4-8(2)9(5-7)15-10-6-11(13)16-17-12(10)14/h3-6H,1-2H3,(H,15,16). The van der Waals surface area contributed by atoms with Gasteiger partial charge in [-0.15, -0.1) is 10.2 Å². The molecule has 1 heterocycles. The average Bonchev–Trinajstić information content (AvgIpc) is 2.28. The van der Waals surface area contributed by atoms with Gasteiger partial charge in [0.1, 0.15) is 0 Å². The first-order valence-corrected chi connectivity index (χ1v) is 5.85. The number of anilines is 2. The van der Waals surface area contributed by atoms with Gasteiger partial charge in [0, 0.05) is 11.8 Å². The summed E-state index contributed by atoms with van der Waals surface area (Å²) >= 11 is 11.7. The number of aromatic nitrogens is 2. The molecule has 88 valence electrons. The van der Waals surface area contributed by atoms with Crippen molar-refractivity contribution in [3.8, 4) is 0 Å². The summed E-state index contributed by atoms with van der Waals surface area (Å²) in [5.74, 6) is 0. The summed E-state index contributed by atoms with van der Waals surface area (Å²) in [5, 5.41) is 11.2. The summed E-state index contributed by atoms with van der Waals surface area (Å²) < 4.78 is 0. The van der Waals surface area contributed by atoms with Crippen LogP contribution in [-0.4, -0.2) is 10.2 Å². The van der Waals surface area contributed by atoms with E-state index in [4.69, 9.17) is 23.2 Å². The maximum Gasteiger partial charge on any atom is 0.175 e. The number of hydrogen-bond acceptors (Lipinski definition) is 3. The Kier molecular flexibility index (Phi) is 3.50. The molecule has 2 aromatic rings. The fraction of sp³-hybridized carbons (Fsp3) is 0.167. The van der Waals surface area contributed by atoms with Crippen molar-refractivity contribution in [1.82, 2.24) is 10.2 Å². The lowest BCUT2D eigenvalue weighted by molar-refractivity contribution is 1.03. The Labute approximate surface area is 110 Å². The Morgan fingerprint density at radius 1 is 1.00 bits per heavy atom. The van der Waals surface area contributed by atoms with Gasteiger partial charge >= 0.3 is 0 Å². The topological polar surface area (TPSA) is 37.8 Å². The zero-order chi connectivity index (χ0) is 12.4. The third-order valence-electron chi connectivity index (χ3n) is 2.38. The van der Waals surface area contributed by atoms with Crippen molar-refractivity contribution in [2.45, 2.75) is 13.8 Å². The van der Waals surface area contributed by atoms with E-state index in [9.17, 15) is 0 Å². The molecule has 0 spiro atoms. The van der Waals surface area contributed by atoms with Crippen LogP contribution < -0.4 is 5.32 Å². The second kappa shape index (κ2) is 4.90. The van der Waals surface area contributed by atoms with E-state index >= 15 is 0 Å². The average molecular weight is 268 g/mol. The normalized spacial score (nSPS) is 10.4. The van der Waals surface area contributed by atoms with Crippen LogP contribution in [0.5, 0.6) is 0 Å². The summed E-state index contributed by atoms with van der Waals surface area (Å²) in [4.78, 5) is 0. The Morgan fingerprint density at radius 3 is 2.53 bits per heavy atom. The minimum Gasteiger partial charge on any atom is -0.353 e. The van der Waals surface area contributed by atoms with Gasteiger partial charge < -0.3 is 5.32 Å². The van der Waals surface area contributed by atoms with E-state index in [0.717, 1.165) is 11.3 Å². The molecule has 5 heteroatoms. The first-order chi connectivity index (χ1) is 8.06. The third kappa shape index (κ3) is 2.87. The zero-order valence-corrected chi connectivity index (χ0v) is 11.0. The van der Waals surface area contributed by atoms with Crippen LogP contribution in [0.1, 0.15) is 11.1 Å². The first-order valence-electron chi connectivity index (χ1n) is 5.09. The molecule has 0 atom stereocenters. The fourth-order valence-electron chi connectivity index (χ4n) is 1.46. The monoisotopic (exact) mass is 267 g/mol. The predicted molar refractivity (Wildman–Crippen MR) is 71.3 cm³/mol. The highest BCUT2D eigenvalue weighted by atomic mass is 35.5. The van der Waals surface area contributed by atoms with Crippen molar-refractivity contribution in [2.75, 3.05) is 5.32 Å². The highest BCUT2D eigenvalue weighted by molar-refractivity contribution is 6.33. The second-order valence-corrected chi connectivity index (χ2v) is 4.56. The van der Waals surface area contributed by atoms with Gasteiger partial charge in [-0.05, 0) is 31.0 Å². The first kappa shape index (κ1) is 12.1. The summed E-state index contributed by atoms with van der Waals surface area (Å²) in [6, 6.07) is 7.79. The van der Waals surface area contributed by atoms with E-state index in [2.05, 4.69) is 21.6 Å². The second-order valence-electron chi connectivity index (χ2n) is 3.81. The molecule has 0 fully saturated rings. The molecule has 0 aliphatic heterocycles. The van der Waals surface area contributed by atoms with E-state index < -0.39 is 0 Å². The van der Waals surface area contributed by atoms with E-state index in [0.29, 0.717) is 16.0 Å². The largest absolute Gasteiger partial charge is 0.353 e. The highest BCUT2D eigenvalue weighted by Crippen LogP contribution is 2.27. The van der Waals surface area contributed by atoms with Crippen molar-refractivity contribution in [1.29, 1.82) is 0 Å². The summed E-state index contributed by atoms with van der Waals surface area (Å²) in [6.45, 7) is 4.05. The Morgan fingerprint density at radius 2 is 1.76 bits per heavy atom. The van der Waals surface area contributed by atoms with Crippen LogP contribution in [0, 0.1) is 13.8 Å². The smallest absolute Gasteiger partial charge is 0.175 e. The molecular formula is C12H11Cl2N3. The lowest BCUT2D eigenvalue weighted by Crippen LogP contribution is -1.97. The van der Waals surface area contributed by atoms with E-state index in [1.165, 1.54) is 5.56 Å². The fourth-order valence-corrected chi connectivity index (χ4v) is 1.74. The van der Waals surface area contributed by atoms with Gasteiger partial charge in [-0.3, -0.25) is 0 Å². The summed E-state index contributed by atoms with van der Waals surface area (Å²) in [5.41, 5.74) is 3.93. The number of benzene rings is 1. The van der Waals surface area contributed by atoms with Crippen molar-refractivity contribution >= 4 is 34.6 Å². The lowest BCUT2D eigenvalue weighted by atomic mass is 10.1. The molecule has 17 heavy (non-hydrogen) atoms. The molecule has 0 saturated carbocycles. The molecule has 0 bridgehead atoms. The van der Waals surface area contributed by atoms with Gasteiger partial charge in [-0.2, -0.15) is 0 Å². The maximum absolute atomic E-state index is 5.94. The Balaban J connectivity index is 2.37. The van der Waals surface area contributed by atoms with Crippen LogP contribution in [0.15, 0.2) is 24.3 Å². The number of aryl methyl sites for hydroxylation is 2. The van der Waals surface area contributed by atoms with Gasteiger partial charge in [0.2, 0.25) is 0 Å². The molecule has 1 aromatic carbocycles. The minimum absolute atomic E-state index is 0.301. The van der Waals surface area contributed by atoms with Gasteiger partial charge in [0.25, 0.3) is 0 Å². The van der Waals surface area contributed by atoms with Crippen molar-refractivity contribution in [3.63, 3.8) is 0 Å². The molecule has 0 amide bonds. The molecule has 0 radical (unpaired) electrons. The minimum atomic E-state index is 0.301. The molecule has 2 rings (SSSR count). The maximum atomic E-state index is 5.94. The van der Waals surface area contributed by atoms with Crippen LogP contribution in [0.3, 0.4) is 0 Å². The molecule has 0 aliphatic rings. The van der Waals surface area contributed by atoms with E-state index in [1.807, 2.05) is 26.0 Å². The van der Waals surface area contributed by atoms with Gasteiger partial charge in [-0.1, -0.05) is 35.3 Å². The number of rotatable bonds is 2. The molecule has 1 N–H and O–H groups in total. The van der Waals surface area contributed by atoms with Crippen LogP contribution in [0.25, 0.3) is 0 Å². The summed E-state index contributed by atoms with van der Waals surface area (Å²) in [6.07, 6.45) is 0. The zero-order valence-electron chi connectivity index (χ0n) is 9.46. The van der Waals surface area contributed by atoms with Crippen LogP contribution in [0.4, 0.5) is 11.4 Å². The number of hydrogen-bond donors (Lipinski definition) is 1. The van der Waals surface area contributed by atoms with Gasteiger partial charge in [0.15, 0.2) is 10.3 Å². The SMILES string of the molecule is Cc1ccc(C)c(Nc2cc(Cl)nnc2Cl)c1. The molecule has 0 aliphatic carbocycles. The number of halogens is 2. The van der Waals surface area contributed by atoms with Crippen LogP contribution >= 0.6 is 23.2 Å². The number of nitrogens with zero attached hydrogens (tertiary/aromatic N) is 2. The molecule has 1 aromatic heterocycles.